The predicted molar refractivity (Wildman–Crippen MR) is 75.4 cm³/mol. The number of halogens is 2. The van der Waals surface area contributed by atoms with Gasteiger partial charge in [-0.3, -0.25) is 4.79 Å². The van der Waals surface area contributed by atoms with Crippen molar-refractivity contribution in [2.75, 3.05) is 6.54 Å². The van der Waals surface area contributed by atoms with Crippen molar-refractivity contribution < 1.29 is 9.18 Å². The zero-order valence-corrected chi connectivity index (χ0v) is 12.2. The summed E-state index contributed by atoms with van der Waals surface area (Å²) in [7, 11) is 0. The fourth-order valence-corrected chi connectivity index (χ4v) is 3.95. The van der Waals surface area contributed by atoms with Gasteiger partial charge in [-0.15, -0.1) is 0 Å². The summed E-state index contributed by atoms with van der Waals surface area (Å²) < 4.78 is 14.3. The summed E-state index contributed by atoms with van der Waals surface area (Å²) >= 11 is 3.19. The molecule has 2 bridgehead atoms. The lowest BCUT2D eigenvalue weighted by Gasteiger charge is -2.21. The molecule has 19 heavy (non-hydrogen) atoms. The van der Waals surface area contributed by atoms with Gasteiger partial charge in [-0.05, 0) is 55.2 Å². The Morgan fingerprint density at radius 3 is 2.84 bits per heavy atom. The van der Waals surface area contributed by atoms with Crippen LogP contribution in [0.25, 0.3) is 0 Å². The molecule has 0 radical (unpaired) electrons. The van der Waals surface area contributed by atoms with E-state index in [-0.39, 0.29) is 11.5 Å². The summed E-state index contributed by atoms with van der Waals surface area (Å²) in [6, 6.07) is 4.54. The van der Waals surface area contributed by atoms with Crippen molar-refractivity contribution in [1.29, 1.82) is 0 Å². The Bertz CT molecular complexity index is 505. The molecule has 1 N–H and O–H groups in total. The van der Waals surface area contributed by atoms with Gasteiger partial charge < -0.3 is 5.32 Å². The van der Waals surface area contributed by atoms with Crippen molar-refractivity contribution in [2.24, 2.45) is 17.8 Å². The highest BCUT2D eigenvalue weighted by Crippen LogP contribution is 2.47. The van der Waals surface area contributed by atoms with Crippen LogP contribution in [-0.2, 0) is 0 Å². The molecule has 102 valence electrons. The van der Waals surface area contributed by atoms with Crippen molar-refractivity contribution in [3.05, 3.63) is 34.1 Å². The maximum Gasteiger partial charge on any atom is 0.254 e. The molecule has 2 nitrogen and oxygen atoms in total. The van der Waals surface area contributed by atoms with Gasteiger partial charge in [0.2, 0.25) is 0 Å². The van der Waals surface area contributed by atoms with Gasteiger partial charge >= 0.3 is 0 Å². The highest BCUT2D eigenvalue weighted by atomic mass is 79.9. The first-order valence-corrected chi connectivity index (χ1v) is 7.66. The summed E-state index contributed by atoms with van der Waals surface area (Å²) in [6.45, 7) is 0.690. The van der Waals surface area contributed by atoms with Crippen LogP contribution in [0.5, 0.6) is 0 Å². The van der Waals surface area contributed by atoms with Crippen LogP contribution in [0, 0.1) is 23.6 Å². The number of carbonyl (C=O) groups is 1. The van der Waals surface area contributed by atoms with E-state index in [1.807, 2.05) is 0 Å². The number of fused-ring (bicyclic) bond motifs is 2. The van der Waals surface area contributed by atoms with E-state index in [2.05, 4.69) is 21.2 Å². The van der Waals surface area contributed by atoms with Crippen LogP contribution in [0.3, 0.4) is 0 Å². The highest BCUT2D eigenvalue weighted by molar-refractivity contribution is 9.10. The predicted octanol–water partition coefficient (Wildman–Crippen LogP) is 3.75. The standard InChI is InChI=1S/C15H17BrFNO/c16-12-3-4-13(14(17)7-12)15(19)18-8-11-6-9-1-2-10(11)5-9/h3-4,7,9-11H,1-2,5-6,8H2,(H,18,19). The number of amides is 1. The van der Waals surface area contributed by atoms with E-state index in [4.69, 9.17) is 0 Å². The first kappa shape index (κ1) is 13.1. The van der Waals surface area contributed by atoms with Crippen LogP contribution in [0.4, 0.5) is 4.39 Å². The summed E-state index contributed by atoms with van der Waals surface area (Å²) in [5.74, 6) is 1.48. The van der Waals surface area contributed by atoms with Crippen LogP contribution in [-0.4, -0.2) is 12.5 Å². The molecule has 0 saturated heterocycles. The SMILES string of the molecule is O=C(NCC1CC2CCC1C2)c1ccc(Br)cc1F. The Morgan fingerprint density at radius 2 is 2.21 bits per heavy atom. The Morgan fingerprint density at radius 1 is 1.37 bits per heavy atom. The third-order valence-corrected chi connectivity index (χ3v) is 5.08. The molecule has 0 aromatic heterocycles. The molecule has 0 spiro atoms. The monoisotopic (exact) mass is 325 g/mol. The van der Waals surface area contributed by atoms with Crippen molar-refractivity contribution in [3.8, 4) is 0 Å². The van der Waals surface area contributed by atoms with Crippen LogP contribution >= 0.6 is 15.9 Å². The van der Waals surface area contributed by atoms with Gasteiger partial charge in [0.05, 0.1) is 5.56 Å². The zero-order chi connectivity index (χ0) is 13.4. The lowest BCUT2D eigenvalue weighted by atomic mass is 9.89. The normalized spacial score (nSPS) is 28.6. The van der Waals surface area contributed by atoms with Crippen molar-refractivity contribution >= 4 is 21.8 Å². The quantitative estimate of drug-likeness (QED) is 0.900. The number of nitrogens with one attached hydrogen (secondary N) is 1. The molecule has 1 amide bonds. The Balaban J connectivity index is 1.59. The van der Waals surface area contributed by atoms with E-state index in [9.17, 15) is 9.18 Å². The van der Waals surface area contributed by atoms with Crippen LogP contribution in [0.1, 0.15) is 36.0 Å². The van der Waals surface area contributed by atoms with Gasteiger partial charge in [0.1, 0.15) is 5.82 Å². The second-order valence-corrected chi connectivity index (χ2v) is 6.68. The molecule has 0 heterocycles. The molecule has 2 saturated carbocycles. The minimum Gasteiger partial charge on any atom is -0.352 e. The first-order valence-electron chi connectivity index (χ1n) is 6.86. The minimum absolute atomic E-state index is 0.131. The third kappa shape index (κ3) is 2.69. The lowest BCUT2D eigenvalue weighted by Crippen LogP contribution is -2.32. The smallest absolute Gasteiger partial charge is 0.254 e. The van der Waals surface area contributed by atoms with Gasteiger partial charge in [-0.25, -0.2) is 4.39 Å². The lowest BCUT2D eigenvalue weighted by molar-refractivity contribution is 0.0937. The van der Waals surface area contributed by atoms with Gasteiger partial charge in [-0.2, -0.15) is 0 Å². The molecular formula is C15H17BrFNO. The van der Waals surface area contributed by atoms with Gasteiger partial charge in [0.15, 0.2) is 0 Å². The number of benzene rings is 1. The van der Waals surface area contributed by atoms with E-state index >= 15 is 0 Å². The molecule has 0 aliphatic heterocycles. The maximum absolute atomic E-state index is 13.7. The summed E-state index contributed by atoms with van der Waals surface area (Å²) in [5.41, 5.74) is 0.131. The van der Waals surface area contributed by atoms with Crippen LogP contribution < -0.4 is 5.32 Å². The number of hydrogen-bond acceptors (Lipinski definition) is 1. The van der Waals surface area contributed by atoms with E-state index in [0.717, 1.165) is 11.8 Å². The Hall–Kier alpha value is -0.900. The molecule has 1 aromatic carbocycles. The van der Waals surface area contributed by atoms with E-state index in [1.165, 1.54) is 37.8 Å². The fraction of sp³-hybridized carbons (Fsp3) is 0.533. The zero-order valence-electron chi connectivity index (χ0n) is 10.7. The second kappa shape index (κ2) is 5.23. The van der Waals surface area contributed by atoms with Crippen molar-refractivity contribution in [3.63, 3.8) is 0 Å². The van der Waals surface area contributed by atoms with Crippen molar-refractivity contribution in [1.82, 2.24) is 5.32 Å². The Labute approximate surface area is 120 Å². The molecule has 3 unspecified atom stereocenters. The first-order chi connectivity index (χ1) is 9.13. The van der Waals surface area contributed by atoms with Gasteiger partial charge in [0, 0.05) is 11.0 Å². The average Bonchev–Trinajstić information content (AvgIpc) is 2.98. The number of rotatable bonds is 3. The van der Waals surface area contributed by atoms with Gasteiger partial charge in [-0.1, -0.05) is 22.4 Å². The van der Waals surface area contributed by atoms with E-state index in [0.29, 0.717) is 16.9 Å². The largest absolute Gasteiger partial charge is 0.352 e. The molecule has 3 atom stereocenters. The molecule has 1 aromatic rings. The van der Waals surface area contributed by atoms with E-state index in [1.54, 1.807) is 6.07 Å². The molecular weight excluding hydrogens is 309 g/mol. The summed E-state index contributed by atoms with van der Waals surface area (Å²) in [4.78, 5) is 12.0. The maximum atomic E-state index is 13.7. The van der Waals surface area contributed by atoms with Crippen molar-refractivity contribution in [2.45, 2.75) is 25.7 Å². The Kier molecular flexibility index (Phi) is 3.61. The van der Waals surface area contributed by atoms with Crippen LogP contribution in [0.2, 0.25) is 0 Å². The van der Waals surface area contributed by atoms with E-state index < -0.39 is 5.82 Å². The summed E-state index contributed by atoms with van der Waals surface area (Å²) in [5, 5.41) is 2.89. The number of carbonyl (C=O) groups excluding carboxylic acids is 1. The fourth-order valence-electron chi connectivity index (χ4n) is 3.62. The summed E-state index contributed by atoms with van der Waals surface area (Å²) in [6.07, 6.45) is 5.22. The molecule has 2 fully saturated rings. The van der Waals surface area contributed by atoms with Gasteiger partial charge in [0.25, 0.3) is 5.91 Å². The second-order valence-electron chi connectivity index (χ2n) is 5.77. The highest BCUT2D eigenvalue weighted by Gasteiger charge is 2.39. The van der Waals surface area contributed by atoms with Crippen LogP contribution in [0.15, 0.2) is 22.7 Å². The molecule has 2 aliphatic rings. The number of hydrogen-bond donors (Lipinski definition) is 1. The third-order valence-electron chi connectivity index (χ3n) is 4.59. The molecule has 3 rings (SSSR count). The minimum atomic E-state index is -0.472. The molecule has 4 heteroatoms. The average molecular weight is 326 g/mol. The topological polar surface area (TPSA) is 29.1 Å². The molecule has 2 aliphatic carbocycles.